The highest BCUT2D eigenvalue weighted by Gasteiger charge is 2.24. The second-order valence-corrected chi connectivity index (χ2v) is 7.71. The van der Waals surface area contributed by atoms with Crippen molar-refractivity contribution in [3.63, 3.8) is 0 Å². The lowest BCUT2D eigenvalue weighted by Gasteiger charge is -2.28. The van der Waals surface area contributed by atoms with Crippen LogP contribution in [0.3, 0.4) is 0 Å². The van der Waals surface area contributed by atoms with Gasteiger partial charge in [0.15, 0.2) is 5.82 Å². The predicted octanol–water partition coefficient (Wildman–Crippen LogP) is 5.49. The fraction of sp³-hybridized carbons (Fsp3) is 0.273. The van der Waals surface area contributed by atoms with Gasteiger partial charge in [0.2, 0.25) is 0 Å². The van der Waals surface area contributed by atoms with Crippen LogP contribution in [0.2, 0.25) is 5.02 Å². The number of aromatic hydroxyl groups is 1. The third kappa shape index (κ3) is 5.62. The summed E-state index contributed by atoms with van der Waals surface area (Å²) < 4.78 is 0. The molecule has 1 heterocycles. The van der Waals surface area contributed by atoms with E-state index < -0.39 is 0 Å². The van der Waals surface area contributed by atoms with E-state index in [4.69, 9.17) is 22.4 Å². The van der Waals surface area contributed by atoms with E-state index in [-0.39, 0.29) is 30.6 Å². The van der Waals surface area contributed by atoms with Crippen LogP contribution in [0.5, 0.6) is 5.75 Å². The molecule has 1 fully saturated rings. The third-order valence-electron chi connectivity index (χ3n) is 5.37. The molecule has 0 saturated heterocycles. The first-order valence-corrected chi connectivity index (χ1v) is 9.90. The number of benzene rings is 2. The van der Waals surface area contributed by atoms with Gasteiger partial charge in [0.05, 0.1) is 11.2 Å². The zero-order chi connectivity index (χ0) is 19.5. The number of aromatic nitrogens is 2. The van der Waals surface area contributed by atoms with E-state index in [2.05, 4.69) is 10.4 Å². The molecule has 3 aromatic rings. The summed E-state index contributed by atoms with van der Waals surface area (Å²) in [5.41, 5.74) is 5.77. The molecule has 1 aromatic heterocycles. The van der Waals surface area contributed by atoms with E-state index in [1.165, 1.54) is 0 Å². The minimum Gasteiger partial charge on any atom is -0.508 e. The second kappa shape index (κ2) is 10.9. The van der Waals surface area contributed by atoms with Crippen LogP contribution in [0.1, 0.15) is 48.7 Å². The standard InChI is InChI=1S/C22H23ClN4O.2ClH/c23-16-6-1-14(2-7-16)3-12-21-25-20-11-10-18(28)13-19(20)22(26-21)15-4-8-17(27-24)9-5-15;;/h1-3,6-7,10-13,15,17,27-28H,4-5,8-9,24H2;2*1H/b12-3-;;. The number of nitrogens with two attached hydrogens (primary N) is 1. The number of phenols is 1. The number of nitrogens with one attached hydrogen (secondary N) is 1. The number of hydrogen-bond donors (Lipinski definition) is 3. The van der Waals surface area contributed by atoms with Crippen molar-refractivity contribution in [2.24, 2.45) is 5.84 Å². The van der Waals surface area contributed by atoms with Crippen molar-refractivity contribution in [2.75, 3.05) is 0 Å². The number of nitrogens with zero attached hydrogens (tertiary/aromatic N) is 2. The molecule has 8 heteroatoms. The lowest BCUT2D eigenvalue weighted by atomic mass is 9.83. The Hall–Kier alpha value is -1.89. The predicted molar refractivity (Wildman–Crippen MR) is 128 cm³/mol. The van der Waals surface area contributed by atoms with Crippen molar-refractivity contribution < 1.29 is 5.11 Å². The van der Waals surface area contributed by atoms with Gasteiger partial charge in [-0.2, -0.15) is 0 Å². The highest BCUT2D eigenvalue weighted by atomic mass is 35.5. The summed E-state index contributed by atoms with van der Waals surface area (Å²) in [4.78, 5) is 9.53. The number of fused-ring (bicyclic) bond motifs is 1. The van der Waals surface area contributed by atoms with Gasteiger partial charge < -0.3 is 5.11 Å². The third-order valence-corrected chi connectivity index (χ3v) is 5.62. The second-order valence-electron chi connectivity index (χ2n) is 7.27. The summed E-state index contributed by atoms with van der Waals surface area (Å²) in [5, 5.41) is 11.6. The molecule has 0 aliphatic heterocycles. The van der Waals surface area contributed by atoms with Crippen molar-refractivity contribution in [3.05, 3.63) is 64.6 Å². The average molecular weight is 468 g/mol. The van der Waals surface area contributed by atoms with Crippen molar-refractivity contribution in [1.82, 2.24) is 15.4 Å². The Morgan fingerprint density at radius 3 is 2.33 bits per heavy atom. The first-order valence-electron chi connectivity index (χ1n) is 9.53. The molecule has 1 saturated carbocycles. The molecule has 4 N–H and O–H groups in total. The van der Waals surface area contributed by atoms with Gasteiger partial charge in [-0.15, -0.1) is 24.8 Å². The summed E-state index contributed by atoms with van der Waals surface area (Å²) in [6.07, 6.45) is 7.96. The minimum absolute atomic E-state index is 0. The van der Waals surface area contributed by atoms with Crippen LogP contribution in [0.25, 0.3) is 23.1 Å². The molecule has 0 spiro atoms. The largest absolute Gasteiger partial charge is 0.508 e. The molecule has 160 valence electrons. The van der Waals surface area contributed by atoms with Crippen molar-refractivity contribution in [2.45, 2.75) is 37.6 Å². The Morgan fingerprint density at radius 1 is 0.967 bits per heavy atom. The van der Waals surface area contributed by atoms with Gasteiger partial charge in [0.1, 0.15) is 5.75 Å². The molecule has 1 aliphatic rings. The van der Waals surface area contributed by atoms with Gasteiger partial charge in [-0.3, -0.25) is 11.3 Å². The maximum absolute atomic E-state index is 9.97. The number of hydrazine groups is 1. The van der Waals surface area contributed by atoms with Gasteiger partial charge in [0.25, 0.3) is 0 Å². The van der Waals surface area contributed by atoms with E-state index in [0.717, 1.165) is 47.8 Å². The molecule has 5 nitrogen and oxygen atoms in total. The number of rotatable bonds is 4. The van der Waals surface area contributed by atoms with Gasteiger partial charge in [-0.25, -0.2) is 9.97 Å². The van der Waals surface area contributed by atoms with Gasteiger partial charge in [0, 0.05) is 22.4 Å². The van der Waals surface area contributed by atoms with Crippen LogP contribution in [0.4, 0.5) is 0 Å². The fourth-order valence-corrected chi connectivity index (χ4v) is 3.95. The highest BCUT2D eigenvalue weighted by Crippen LogP contribution is 2.36. The van der Waals surface area contributed by atoms with Crippen LogP contribution in [0, 0.1) is 0 Å². The molecule has 30 heavy (non-hydrogen) atoms. The van der Waals surface area contributed by atoms with E-state index in [1.807, 2.05) is 42.5 Å². The lowest BCUT2D eigenvalue weighted by molar-refractivity contribution is 0.344. The van der Waals surface area contributed by atoms with Crippen molar-refractivity contribution in [1.29, 1.82) is 0 Å². The topological polar surface area (TPSA) is 84.1 Å². The number of halogens is 3. The molecule has 0 amide bonds. The van der Waals surface area contributed by atoms with Gasteiger partial charge in [-0.05, 0) is 67.7 Å². The molecule has 0 atom stereocenters. The first-order chi connectivity index (χ1) is 13.6. The van der Waals surface area contributed by atoms with E-state index in [9.17, 15) is 5.11 Å². The number of hydrogen-bond acceptors (Lipinski definition) is 5. The van der Waals surface area contributed by atoms with Crippen molar-refractivity contribution in [3.8, 4) is 5.75 Å². The number of phenolic OH excluding ortho intramolecular Hbond substituents is 1. The SMILES string of the molecule is Cl.Cl.NNC1CCC(c2nc(/C=C\c3ccc(Cl)cc3)nc3ccc(O)cc23)CC1. The van der Waals surface area contributed by atoms with Crippen LogP contribution in [0.15, 0.2) is 42.5 Å². The summed E-state index contributed by atoms with van der Waals surface area (Å²) in [6.45, 7) is 0. The zero-order valence-corrected chi connectivity index (χ0v) is 18.7. The van der Waals surface area contributed by atoms with Crippen LogP contribution >= 0.6 is 36.4 Å². The maximum atomic E-state index is 9.97. The molecule has 0 unspecified atom stereocenters. The quantitative estimate of drug-likeness (QED) is 0.349. The van der Waals surface area contributed by atoms with Gasteiger partial charge >= 0.3 is 0 Å². The normalized spacial score (nSPS) is 18.7. The monoisotopic (exact) mass is 466 g/mol. The zero-order valence-electron chi connectivity index (χ0n) is 16.3. The summed E-state index contributed by atoms with van der Waals surface area (Å²) in [6, 6.07) is 13.3. The minimum atomic E-state index is 0. The lowest BCUT2D eigenvalue weighted by Crippen LogP contribution is -2.37. The fourth-order valence-electron chi connectivity index (χ4n) is 3.82. The molecular weight excluding hydrogens is 443 g/mol. The molecule has 4 rings (SSSR count). The molecule has 1 aliphatic carbocycles. The average Bonchev–Trinajstić information content (AvgIpc) is 2.73. The molecule has 2 aromatic carbocycles. The maximum Gasteiger partial charge on any atom is 0.152 e. The molecular formula is C22H25Cl3N4O. The van der Waals surface area contributed by atoms with Crippen LogP contribution < -0.4 is 11.3 Å². The first kappa shape index (κ1) is 24.4. The van der Waals surface area contributed by atoms with E-state index in [0.29, 0.717) is 22.8 Å². The Morgan fingerprint density at radius 2 is 1.67 bits per heavy atom. The Bertz CT molecular complexity index is 1000. The van der Waals surface area contributed by atoms with E-state index >= 15 is 0 Å². The molecule has 0 radical (unpaired) electrons. The van der Waals surface area contributed by atoms with Crippen molar-refractivity contribution >= 4 is 59.5 Å². The Balaban J connectivity index is 0.00000160. The van der Waals surface area contributed by atoms with Crippen LogP contribution in [-0.2, 0) is 0 Å². The van der Waals surface area contributed by atoms with Gasteiger partial charge in [-0.1, -0.05) is 29.8 Å². The summed E-state index contributed by atoms with van der Waals surface area (Å²) in [7, 11) is 0. The summed E-state index contributed by atoms with van der Waals surface area (Å²) in [5.74, 6) is 6.84. The van der Waals surface area contributed by atoms with E-state index in [1.54, 1.807) is 12.1 Å². The summed E-state index contributed by atoms with van der Waals surface area (Å²) >= 11 is 5.95. The Kier molecular flexibility index (Phi) is 8.89. The Labute approximate surface area is 193 Å². The molecule has 0 bridgehead atoms. The van der Waals surface area contributed by atoms with Crippen LogP contribution in [-0.4, -0.2) is 21.1 Å². The highest BCUT2D eigenvalue weighted by molar-refractivity contribution is 6.30. The smallest absolute Gasteiger partial charge is 0.152 e.